The molecule has 2 aromatic rings. The van der Waals surface area contributed by atoms with Crippen molar-refractivity contribution in [3.63, 3.8) is 0 Å². The van der Waals surface area contributed by atoms with Crippen LogP contribution in [0.5, 0.6) is 17.2 Å². The second kappa shape index (κ2) is 6.04. The zero-order chi connectivity index (χ0) is 13.8. The average Bonchev–Trinajstić information content (AvgIpc) is 2.38. The van der Waals surface area contributed by atoms with Crippen LogP contribution in [0.3, 0.4) is 0 Å². The van der Waals surface area contributed by atoms with Gasteiger partial charge in [0.2, 0.25) is 0 Å². The van der Waals surface area contributed by atoms with Crippen LogP contribution >= 0.6 is 23.2 Å². The van der Waals surface area contributed by atoms with Gasteiger partial charge < -0.3 is 15.2 Å². The molecule has 0 unspecified atom stereocenters. The second-order valence-electron chi connectivity index (χ2n) is 3.81. The third kappa shape index (κ3) is 3.46. The van der Waals surface area contributed by atoms with Crippen LogP contribution in [0.4, 0.5) is 5.69 Å². The molecule has 0 saturated carbocycles. The maximum Gasteiger partial charge on any atom is 0.145 e. The quantitative estimate of drug-likeness (QED) is 0.827. The van der Waals surface area contributed by atoms with E-state index < -0.39 is 0 Å². The second-order valence-corrected chi connectivity index (χ2v) is 4.63. The number of rotatable bonds is 4. The molecule has 0 aliphatic rings. The minimum atomic E-state index is 0.444. The lowest BCUT2D eigenvalue weighted by molar-refractivity contribution is 0.340. The number of nitrogens with two attached hydrogens (primary N) is 1. The summed E-state index contributed by atoms with van der Waals surface area (Å²) in [7, 11) is 0. The molecule has 2 N–H and O–H groups in total. The van der Waals surface area contributed by atoms with E-state index in [1.54, 1.807) is 36.4 Å². The summed E-state index contributed by atoms with van der Waals surface area (Å²) >= 11 is 11.8. The Kier molecular flexibility index (Phi) is 4.40. The largest absolute Gasteiger partial charge is 0.492 e. The summed E-state index contributed by atoms with van der Waals surface area (Å²) in [5, 5.41) is 0.931. The van der Waals surface area contributed by atoms with Crippen molar-refractivity contribution in [3.8, 4) is 17.2 Å². The monoisotopic (exact) mass is 297 g/mol. The molecule has 0 fully saturated rings. The Hall–Kier alpha value is -1.58. The van der Waals surface area contributed by atoms with Crippen LogP contribution in [0.25, 0.3) is 0 Å². The molecular formula is C14H13Cl2NO2. The fraction of sp³-hybridized carbons (Fsp3) is 0.143. The third-order valence-corrected chi connectivity index (χ3v) is 3.15. The smallest absolute Gasteiger partial charge is 0.145 e. The number of ether oxygens (including phenoxy) is 2. The van der Waals surface area contributed by atoms with E-state index in [0.29, 0.717) is 39.6 Å². The Labute approximate surface area is 121 Å². The molecule has 0 aliphatic carbocycles. The highest BCUT2D eigenvalue weighted by Crippen LogP contribution is 2.32. The van der Waals surface area contributed by atoms with E-state index >= 15 is 0 Å². The van der Waals surface area contributed by atoms with Gasteiger partial charge in [-0.15, -0.1) is 0 Å². The Balaban J connectivity index is 2.22. The number of nitrogen functional groups attached to an aromatic ring is 1. The summed E-state index contributed by atoms with van der Waals surface area (Å²) < 4.78 is 11.1. The van der Waals surface area contributed by atoms with E-state index in [1.807, 2.05) is 6.92 Å². The lowest BCUT2D eigenvalue weighted by Crippen LogP contribution is -1.97. The minimum Gasteiger partial charge on any atom is -0.492 e. The van der Waals surface area contributed by atoms with Gasteiger partial charge in [-0.2, -0.15) is 0 Å². The van der Waals surface area contributed by atoms with Gasteiger partial charge in [0.05, 0.1) is 22.3 Å². The number of anilines is 1. The van der Waals surface area contributed by atoms with Gasteiger partial charge in [-0.3, -0.25) is 0 Å². The van der Waals surface area contributed by atoms with E-state index in [1.165, 1.54) is 0 Å². The maximum absolute atomic E-state index is 5.93. The highest BCUT2D eigenvalue weighted by Gasteiger charge is 2.05. The van der Waals surface area contributed by atoms with Gasteiger partial charge in [-0.25, -0.2) is 0 Å². The van der Waals surface area contributed by atoms with Crippen LogP contribution in [-0.2, 0) is 0 Å². The molecular weight excluding hydrogens is 285 g/mol. The van der Waals surface area contributed by atoms with Crippen molar-refractivity contribution < 1.29 is 9.47 Å². The Morgan fingerprint density at radius 2 is 1.68 bits per heavy atom. The van der Waals surface area contributed by atoms with Gasteiger partial charge in [0.15, 0.2) is 0 Å². The topological polar surface area (TPSA) is 44.5 Å². The third-order valence-electron chi connectivity index (χ3n) is 2.41. The number of benzene rings is 2. The molecule has 0 heterocycles. The van der Waals surface area contributed by atoms with Crippen molar-refractivity contribution in [2.24, 2.45) is 0 Å². The molecule has 0 spiro atoms. The minimum absolute atomic E-state index is 0.444. The molecule has 0 radical (unpaired) electrons. The van der Waals surface area contributed by atoms with Gasteiger partial charge in [0.25, 0.3) is 0 Å². The highest BCUT2D eigenvalue weighted by atomic mass is 35.5. The zero-order valence-electron chi connectivity index (χ0n) is 10.3. The van der Waals surface area contributed by atoms with Crippen LogP contribution in [0.1, 0.15) is 6.92 Å². The molecule has 0 saturated heterocycles. The van der Waals surface area contributed by atoms with E-state index in [-0.39, 0.29) is 0 Å². The highest BCUT2D eigenvalue weighted by molar-refractivity contribution is 6.42. The summed E-state index contributed by atoms with van der Waals surface area (Å²) in [5.41, 5.74) is 6.37. The lowest BCUT2D eigenvalue weighted by Gasteiger charge is -2.10. The first-order valence-electron chi connectivity index (χ1n) is 5.75. The SMILES string of the molecule is CCOc1cc(Oc2ccc(Cl)c(Cl)c2)ccc1N. The molecule has 0 aromatic heterocycles. The predicted molar refractivity (Wildman–Crippen MR) is 78.6 cm³/mol. The van der Waals surface area contributed by atoms with Crippen molar-refractivity contribution in [1.82, 2.24) is 0 Å². The molecule has 19 heavy (non-hydrogen) atoms. The molecule has 5 heteroatoms. The van der Waals surface area contributed by atoms with Gasteiger partial charge in [-0.05, 0) is 31.2 Å². The van der Waals surface area contributed by atoms with Crippen LogP contribution in [0, 0.1) is 0 Å². The van der Waals surface area contributed by atoms with Crippen molar-refractivity contribution in [3.05, 3.63) is 46.4 Å². The van der Waals surface area contributed by atoms with Crippen molar-refractivity contribution in [2.45, 2.75) is 6.92 Å². The normalized spacial score (nSPS) is 10.3. The maximum atomic E-state index is 5.93. The standard InChI is InChI=1S/C14H13Cl2NO2/c1-2-18-14-8-10(4-6-13(14)17)19-9-3-5-11(15)12(16)7-9/h3-8H,2,17H2,1H3. The van der Waals surface area contributed by atoms with Gasteiger partial charge in [-0.1, -0.05) is 23.2 Å². The van der Waals surface area contributed by atoms with Gasteiger partial charge in [0, 0.05) is 12.1 Å². The van der Waals surface area contributed by atoms with Crippen LogP contribution in [-0.4, -0.2) is 6.61 Å². The molecule has 3 nitrogen and oxygen atoms in total. The molecule has 2 aromatic carbocycles. The van der Waals surface area contributed by atoms with Gasteiger partial charge in [0.1, 0.15) is 17.2 Å². The van der Waals surface area contributed by atoms with Crippen LogP contribution in [0.2, 0.25) is 10.0 Å². The number of hydrogen-bond acceptors (Lipinski definition) is 3. The van der Waals surface area contributed by atoms with Crippen LogP contribution in [0.15, 0.2) is 36.4 Å². The van der Waals surface area contributed by atoms with Crippen LogP contribution < -0.4 is 15.2 Å². The molecule has 0 bridgehead atoms. The van der Waals surface area contributed by atoms with Crippen molar-refractivity contribution in [2.75, 3.05) is 12.3 Å². The summed E-state index contributed by atoms with van der Waals surface area (Å²) in [6.07, 6.45) is 0. The molecule has 0 aliphatic heterocycles. The average molecular weight is 298 g/mol. The summed E-state index contributed by atoms with van der Waals surface area (Å²) in [6, 6.07) is 10.3. The summed E-state index contributed by atoms with van der Waals surface area (Å²) in [6.45, 7) is 2.44. The zero-order valence-corrected chi connectivity index (χ0v) is 11.8. The molecule has 2 rings (SSSR count). The summed E-state index contributed by atoms with van der Waals surface area (Å²) in [4.78, 5) is 0. The Bertz CT molecular complexity index is 588. The number of halogens is 2. The first kappa shape index (κ1) is 13.8. The molecule has 100 valence electrons. The Morgan fingerprint density at radius 3 is 2.37 bits per heavy atom. The van der Waals surface area contributed by atoms with E-state index in [2.05, 4.69) is 0 Å². The van der Waals surface area contributed by atoms with Gasteiger partial charge >= 0.3 is 0 Å². The first-order chi connectivity index (χ1) is 9.10. The predicted octanol–water partition coefficient (Wildman–Crippen LogP) is 4.77. The molecule has 0 atom stereocenters. The lowest BCUT2D eigenvalue weighted by atomic mass is 10.2. The Morgan fingerprint density at radius 1 is 1.00 bits per heavy atom. The van der Waals surface area contributed by atoms with E-state index in [9.17, 15) is 0 Å². The van der Waals surface area contributed by atoms with E-state index in [0.717, 1.165) is 0 Å². The fourth-order valence-electron chi connectivity index (χ4n) is 1.54. The van der Waals surface area contributed by atoms with E-state index in [4.69, 9.17) is 38.4 Å². The fourth-order valence-corrected chi connectivity index (χ4v) is 1.82. The van der Waals surface area contributed by atoms with Crippen molar-refractivity contribution in [1.29, 1.82) is 0 Å². The summed E-state index contributed by atoms with van der Waals surface area (Å²) in [5.74, 6) is 1.82. The number of hydrogen-bond donors (Lipinski definition) is 1. The first-order valence-corrected chi connectivity index (χ1v) is 6.51. The molecule has 0 amide bonds. The van der Waals surface area contributed by atoms with Crippen molar-refractivity contribution >= 4 is 28.9 Å².